The topological polar surface area (TPSA) is 74.6 Å². The first-order chi connectivity index (χ1) is 9.31. The largest absolute Gasteiger partial charge is 0.481 e. The summed E-state index contributed by atoms with van der Waals surface area (Å²) in [5.74, 6) is -2.11. The first-order valence-electron chi connectivity index (χ1n) is 7.78. The van der Waals surface area contributed by atoms with Crippen molar-refractivity contribution in [1.82, 2.24) is 0 Å². The van der Waals surface area contributed by atoms with E-state index in [0.29, 0.717) is 25.7 Å². The van der Waals surface area contributed by atoms with Crippen molar-refractivity contribution in [3.8, 4) is 0 Å². The minimum Gasteiger partial charge on any atom is -0.481 e. The molecule has 4 atom stereocenters. The van der Waals surface area contributed by atoms with E-state index in [1.54, 1.807) is 0 Å². The van der Waals surface area contributed by atoms with Crippen LogP contribution >= 0.6 is 0 Å². The number of hydrogen-bond donors (Lipinski definition) is 2. The molecule has 0 aromatic carbocycles. The van der Waals surface area contributed by atoms with Crippen molar-refractivity contribution in [3.63, 3.8) is 0 Å². The lowest BCUT2D eigenvalue weighted by Gasteiger charge is -2.54. The molecule has 20 heavy (non-hydrogen) atoms. The van der Waals surface area contributed by atoms with E-state index in [1.807, 2.05) is 27.7 Å². The van der Waals surface area contributed by atoms with Crippen LogP contribution in [0.3, 0.4) is 0 Å². The number of carboxylic acid groups (broad SMARTS) is 2. The Kier molecular flexibility index (Phi) is 5.22. The molecule has 4 nitrogen and oxygen atoms in total. The van der Waals surface area contributed by atoms with E-state index in [9.17, 15) is 19.8 Å². The second kappa shape index (κ2) is 6.15. The van der Waals surface area contributed by atoms with Crippen molar-refractivity contribution in [2.24, 2.45) is 22.7 Å². The van der Waals surface area contributed by atoms with Gasteiger partial charge in [-0.3, -0.25) is 9.59 Å². The Morgan fingerprint density at radius 2 is 1.20 bits per heavy atom. The predicted octanol–water partition coefficient (Wildman–Crippen LogP) is 3.79. The van der Waals surface area contributed by atoms with E-state index in [0.717, 1.165) is 12.8 Å². The maximum absolute atomic E-state index is 12.2. The lowest BCUT2D eigenvalue weighted by Crippen LogP contribution is -2.60. The van der Waals surface area contributed by atoms with Gasteiger partial charge in [-0.15, -0.1) is 0 Å². The van der Waals surface area contributed by atoms with Gasteiger partial charge in [0.2, 0.25) is 0 Å². The van der Waals surface area contributed by atoms with Gasteiger partial charge in [0.1, 0.15) is 0 Å². The SMILES string of the molecule is CCC(C)C1(C(=O)O)CCCCC1(C(=O)O)C(C)CC. The van der Waals surface area contributed by atoms with Gasteiger partial charge >= 0.3 is 11.9 Å². The Bertz CT molecular complexity index is 343. The zero-order chi connectivity index (χ0) is 15.6. The zero-order valence-electron chi connectivity index (χ0n) is 13.1. The Hall–Kier alpha value is -1.06. The number of aliphatic carboxylic acids is 2. The van der Waals surface area contributed by atoms with E-state index < -0.39 is 22.8 Å². The summed E-state index contributed by atoms with van der Waals surface area (Å²) in [6.45, 7) is 7.71. The Balaban J connectivity index is 3.55. The highest BCUT2D eigenvalue weighted by Crippen LogP contribution is 2.60. The van der Waals surface area contributed by atoms with Crippen molar-refractivity contribution in [3.05, 3.63) is 0 Å². The minimum atomic E-state index is -1.14. The summed E-state index contributed by atoms with van der Waals surface area (Å²) in [6, 6.07) is 0. The molecular formula is C16H28O4. The Morgan fingerprint density at radius 1 is 0.900 bits per heavy atom. The number of rotatable bonds is 6. The monoisotopic (exact) mass is 284 g/mol. The van der Waals surface area contributed by atoms with Crippen molar-refractivity contribution >= 4 is 11.9 Å². The van der Waals surface area contributed by atoms with Crippen LogP contribution in [0.5, 0.6) is 0 Å². The molecule has 0 heterocycles. The van der Waals surface area contributed by atoms with Gasteiger partial charge < -0.3 is 10.2 Å². The summed E-state index contributed by atoms with van der Waals surface area (Å²) in [5, 5.41) is 19.9. The summed E-state index contributed by atoms with van der Waals surface area (Å²) < 4.78 is 0. The first kappa shape index (κ1) is 17.0. The third-order valence-electron chi connectivity index (χ3n) is 5.86. The molecule has 1 saturated carbocycles. The summed E-state index contributed by atoms with van der Waals surface area (Å²) in [6.07, 6.45) is 3.96. The van der Waals surface area contributed by atoms with E-state index in [-0.39, 0.29) is 11.8 Å². The third-order valence-corrected chi connectivity index (χ3v) is 5.86. The molecule has 1 fully saturated rings. The van der Waals surface area contributed by atoms with E-state index in [4.69, 9.17) is 0 Å². The maximum Gasteiger partial charge on any atom is 0.311 e. The van der Waals surface area contributed by atoms with Crippen LogP contribution < -0.4 is 0 Å². The number of hydrogen-bond acceptors (Lipinski definition) is 2. The number of carbonyl (C=O) groups is 2. The fourth-order valence-corrected chi connectivity index (χ4v) is 4.34. The van der Waals surface area contributed by atoms with E-state index >= 15 is 0 Å². The van der Waals surface area contributed by atoms with Crippen LogP contribution in [0.2, 0.25) is 0 Å². The van der Waals surface area contributed by atoms with E-state index in [1.165, 1.54) is 0 Å². The van der Waals surface area contributed by atoms with Crippen molar-refractivity contribution in [1.29, 1.82) is 0 Å². The average molecular weight is 284 g/mol. The smallest absolute Gasteiger partial charge is 0.311 e. The molecule has 0 bridgehead atoms. The first-order valence-corrected chi connectivity index (χ1v) is 7.78. The average Bonchev–Trinajstić information content (AvgIpc) is 2.44. The lowest BCUT2D eigenvalue weighted by molar-refractivity contribution is -0.194. The van der Waals surface area contributed by atoms with Gasteiger partial charge in [-0.1, -0.05) is 53.4 Å². The third kappa shape index (κ3) is 2.13. The standard InChI is InChI=1S/C16H28O4/c1-5-11(3)15(13(17)18)9-7-8-10-16(15,14(19)20)12(4)6-2/h11-12H,5-10H2,1-4H3,(H,17,18)(H,19,20). The van der Waals surface area contributed by atoms with Crippen LogP contribution in [0.1, 0.15) is 66.2 Å². The maximum atomic E-state index is 12.2. The molecule has 0 aliphatic heterocycles. The Morgan fingerprint density at radius 3 is 1.40 bits per heavy atom. The molecule has 1 aliphatic carbocycles. The van der Waals surface area contributed by atoms with Crippen LogP contribution in [0.4, 0.5) is 0 Å². The van der Waals surface area contributed by atoms with Crippen LogP contribution in [0.15, 0.2) is 0 Å². The molecule has 0 saturated heterocycles. The molecule has 4 unspecified atom stereocenters. The fraction of sp³-hybridized carbons (Fsp3) is 0.875. The van der Waals surface area contributed by atoms with Gasteiger partial charge in [-0.2, -0.15) is 0 Å². The molecular weight excluding hydrogens is 256 g/mol. The molecule has 1 rings (SSSR count). The van der Waals surface area contributed by atoms with Crippen molar-refractivity contribution in [2.45, 2.75) is 66.2 Å². The van der Waals surface area contributed by atoms with Gasteiger partial charge in [0, 0.05) is 0 Å². The van der Waals surface area contributed by atoms with Gasteiger partial charge in [-0.25, -0.2) is 0 Å². The summed E-state index contributed by atoms with van der Waals surface area (Å²) in [5.41, 5.74) is -2.28. The van der Waals surface area contributed by atoms with Crippen LogP contribution in [-0.2, 0) is 9.59 Å². The molecule has 0 aromatic heterocycles. The predicted molar refractivity (Wildman–Crippen MR) is 77.5 cm³/mol. The van der Waals surface area contributed by atoms with Gasteiger partial charge in [0.25, 0.3) is 0 Å². The van der Waals surface area contributed by atoms with Crippen LogP contribution in [0.25, 0.3) is 0 Å². The quantitative estimate of drug-likeness (QED) is 0.778. The molecule has 0 radical (unpaired) electrons. The van der Waals surface area contributed by atoms with Crippen LogP contribution in [0, 0.1) is 22.7 Å². The van der Waals surface area contributed by atoms with Crippen molar-refractivity contribution in [2.75, 3.05) is 0 Å². The van der Waals surface area contributed by atoms with Gasteiger partial charge in [-0.05, 0) is 24.7 Å². The molecule has 4 heteroatoms. The Labute approximate surface area is 121 Å². The molecule has 1 aliphatic rings. The lowest BCUT2D eigenvalue weighted by atomic mass is 9.46. The van der Waals surface area contributed by atoms with Crippen molar-refractivity contribution < 1.29 is 19.8 Å². The molecule has 2 N–H and O–H groups in total. The summed E-state index contributed by atoms with van der Waals surface area (Å²) >= 11 is 0. The van der Waals surface area contributed by atoms with Gasteiger partial charge in [0.15, 0.2) is 0 Å². The summed E-state index contributed by atoms with van der Waals surface area (Å²) in [4.78, 5) is 24.3. The minimum absolute atomic E-state index is 0.134. The zero-order valence-corrected chi connectivity index (χ0v) is 13.1. The van der Waals surface area contributed by atoms with E-state index in [2.05, 4.69) is 0 Å². The normalized spacial score (nSPS) is 33.4. The van der Waals surface area contributed by atoms with Crippen LogP contribution in [-0.4, -0.2) is 22.2 Å². The highest BCUT2D eigenvalue weighted by Gasteiger charge is 2.65. The number of carboxylic acids is 2. The molecule has 116 valence electrons. The second-order valence-corrected chi connectivity index (χ2v) is 6.38. The molecule has 0 aromatic rings. The molecule has 0 spiro atoms. The fourth-order valence-electron chi connectivity index (χ4n) is 4.34. The highest BCUT2D eigenvalue weighted by molar-refractivity contribution is 5.87. The molecule has 0 amide bonds. The summed E-state index contributed by atoms with van der Waals surface area (Å²) in [7, 11) is 0. The second-order valence-electron chi connectivity index (χ2n) is 6.38. The van der Waals surface area contributed by atoms with Gasteiger partial charge in [0.05, 0.1) is 10.8 Å². The highest BCUT2D eigenvalue weighted by atomic mass is 16.4.